The van der Waals surface area contributed by atoms with E-state index in [1.165, 1.54) is 0 Å². The van der Waals surface area contributed by atoms with Crippen molar-refractivity contribution in [3.05, 3.63) is 17.6 Å². The quantitative estimate of drug-likeness (QED) is 0.887. The van der Waals surface area contributed by atoms with E-state index in [4.69, 9.17) is 0 Å². The van der Waals surface area contributed by atoms with Gasteiger partial charge in [0.25, 0.3) is 0 Å². The van der Waals surface area contributed by atoms with Crippen molar-refractivity contribution in [2.24, 2.45) is 0 Å². The molecule has 1 fully saturated rings. The third-order valence-corrected chi connectivity index (χ3v) is 4.03. The van der Waals surface area contributed by atoms with Crippen LogP contribution in [0.1, 0.15) is 38.2 Å². The van der Waals surface area contributed by atoms with Crippen LogP contribution in [-0.4, -0.2) is 35.6 Å². The van der Waals surface area contributed by atoms with Crippen LogP contribution in [0, 0.1) is 6.92 Å². The van der Waals surface area contributed by atoms with E-state index >= 15 is 0 Å². The molecule has 4 heteroatoms. The first-order valence-electron chi connectivity index (χ1n) is 6.85. The van der Waals surface area contributed by atoms with Crippen molar-refractivity contribution in [2.45, 2.75) is 45.6 Å². The van der Waals surface area contributed by atoms with E-state index in [9.17, 15) is 0 Å². The molecule has 0 saturated carbocycles. The molecule has 1 aliphatic rings. The number of hydrogen-bond donors (Lipinski definition) is 1. The van der Waals surface area contributed by atoms with Crippen LogP contribution in [0.15, 0.2) is 6.07 Å². The molecule has 100 valence electrons. The highest BCUT2D eigenvalue weighted by Gasteiger charge is 2.28. The number of anilines is 1. The van der Waals surface area contributed by atoms with E-state index in [1.807, 2.05) is 6.92 Å². The fourth-order valence-corrected chi connectivity index (χ4v) is 2.43. The number of rotatable bonds is 3. The number of hydrogen-bond acceptors (Lipinski definition) is 4. The molecule has 1 saturated heterocycles. The predicted octanol–water partition coefficient (Wildman–Crippen LogP) is 1.93. The van der Waals surface area contributed by atoms with E-state index in [0.29, 0.717) is 0 Å². The van der Waals surface area contributed by atoms with Crippen molar-refractivity contribution < 1.29 is 0 Å². The van der Waals surface area contributed by atoms with Gasteiger partial charge >= 0.3 is 0 Å². The number of piperidine rings is 1. The highest BCUT2D eigenvalue weighted by Crippen LogP contribution is 2.25. The Hall–Kier alpha value is -1.16. The fraction of sp³-hybridized carbons (Fsp3) is 0.714. The van der Waals surface area contributed by atoms with Crippen molar-refractivity contribution in [1.29, 1.82) is 0 Å². The van der Waals surface area contributed by atoms with E-state index in [0.717, 1.165) is 49.7 Å². The summed E-state index contributed by atoms with van der Waals surface area (Å²) in [6.07, 6.45) is 3.29. The van der Waals surface area contributed by atoms with Crippen molar-refractivity contribution >= 4 is 5.82 Å². The summed E-state index contributed by atoms with van der Waals surface area (Å²) in [5, 5.41) is 3.43. The second-order valence-corrected chi connectivity index (χ2v) is 5.42. The van der Waals surface area contributed by atoms with Crippen LogP contribution in [-0.2, 0) is 6.42 Å². The number of nitrogens with one attached hydrogen (secondary N) is 1. The molecule has 1 aromatic rings. The third kappa shape index (κ3) is 2.80. The normalized spacial score (nSPS) is 19.0. The van der Waals surface area contributed by atoms with Gasteiger partial charge in [-0.15, -0.1) is 0 Å². The Morgan fingerprint density at radius 2 is 2.00 bits per heavy atom. The number of aryl methyl sites for hydroxylation is 2. The van der Waals surface area contributed by atoms with Gasteiger partial charge in [0.2, 0.25) is 0 Å². The minimum Gasteiger partial charge on any atom is -0.356 e. The Balaban J connectivity index is 2.12. The Morgan fingerprint density at radius 1 is 1.33 bits per heavy atom. The van der Waals surface area contributed by atoms with Gasteiger partial charge in [0.05, 0.1) is 0 Å². The zero-order chi connectivity index (χ0) is 13.2. The molecule has 0 amide bonds. The maximum atomic E-state index is 4.57. The Bertz CT molecular complexity index is 408. The summed E-state index contributed by atoms with van der Waals surface area (Å²) in [7, 11) is 2.06. The summed E-state index contributed by atoms with van der Waals surface area (Å²) in [4.78, 5) is 11.4. The minimum atomic E-state index is 0.284. The van der Waals surface area contributed by atoms with Crippen molar-refractivity contribution in [2.75, 3.05) is 25.0 Å². The second-order valence-electron chi connectivity index (χ2n) is 5.42. The predicted molar refractivity (Wildman–Crippen MR) is 75.1 cm³/mol. The maximum absolute atomic E-state index is 4.57. The molecule has 18 heavy (non-hydrogen) atoms. The molecular weight excluding hydrogens is 224 g/mol. The lowest BCUT2D eigenvalue weighted by molar-refractivity contribution is 0.304. The minimum absolute atomic E-state index is 0.284. The van der Waals surface area contributed by atoms with Gasteiger partial charge in [-0.2, -0.15) is 0 Å². The molecule has 0 spiro atoms. The van der Waals surface area contributed by atoms with Crippen LogP contribution in [0.5, 0.6) is 0 Å². The monoisotopic (exact) mass is 248 g/mol. The van der Waals surface area contributed by atoms with Crippen molar-refractivity contribution in [3.63, 3.8) is 0 Å². The van der Waals surface area contributed by atoms with Gasteiger partial charge in [-0.3, -0.25) is 0 Å². The van der Waals surface area contributed by atoms with Crippen LogP contribution in [0.25, 0.3) is 0 Å². The SMILES string of the molecule is CCc1cc(N2CCC(C)(NC)CC2)nc(C)n1. The van der Waals surface area contributed by atoms with Crippen LogP contribution in [0.4, 0.5) is 5.82 Å². The molecule has 1 aliphatic heterocycles. The number of nitrogens with zero attached hydrogens (tertiary/aromatic N) is 3. The Kier molecular flexibility index (Phi) is 3.85. The zero-order valence-electron chi connectivity index (χ0n) is 12.0. The fourth-order valence-electron chi connectivity index (χ4n) is 2.43. The number of aromatic nitrogens is 2. The van der Waals surface area contributed by atoms with Gasteiger partial charge in [0.15, 0.2) is 0 Å². The summed E-state index contributed by atoms with van der Waals surface area (Å²) in [5.74, 6) is 1.98. The molecule has 1 aromatic heterocycles. The third-order valence-electron chi connectivity index (χ3n) is 4.03. The molecule has 0 unspecified atom stereocenters. The molecule has 1 N–H and O–H groups in total. The van der Waals surface area contributed by atoms with E-state index in [-0.39, 0.29) is 5.54 Å². The smallest absolute Gasteiger partial charge is 0.132 e. The van der Waals surface area contributed by atoms with Gasteiger partial charge in [-0.1, -0.05) is 6.92 Å². The van der Waals surface area contributed by atoms with Gasteiger partial charge < -0.3 is 10.2 Å². The van der Waals surface area contributed by atoms with E-state index in [1.54, 1.807) is 0 Å². The molecular formula is C14H24N4. The lowest BCUT2D eigenvalue weighted by Crippen LogP contribution is -2.50. The summed E-state index contributed by atoms with van der Waals surface area (Å²) < 4.78 is 0. The molecule has 0 radical (unpaired) electrons. The average molecular weight is 248 g/mol. The first-order chi connectivity index (χ1) is 8.56. The summed E-state index contributed by atoms with van der Waals surface area (Å²) >= 11 is 0. The van der Waals surface area contributed by atoms with Gasteiger partial charge in [-0.05, 0) is 40.2 Å². The van der Waals surface area contributed by atoms with Crippen molar-refractivity contribution in [3.8, 4) is 0 Å². The Labute approximate surface area is 110 Å². The van der Waals surface area contributed by atoms with Gasteiger partial charge in [0.1, 0.15) is 11.6 Å². The van der Waals surface area contributed by atoms with Crippen LogP contribution in [0.2, 0.25) is 0 Å². The zero-order valence-corrected chi connectivity index (χ0v) is 12.0. The maximum Gasteiger partial charge on any atom is 0.132 e. The molecule has 0 aromatic carbocycles. The van der Waals surface area contributed by atoms with Crippen molar-refractivity contribution in [1.82, 2.24) is 15.3 Å². The van der Waals surface area contributed by atoms with E-state index < -0.39 is 0 Å². The molecule has 0 bridgehead atoms. The summed E-state index contributed by atoms with van der Waals surface area (Å²) in [5.41, 5.74) is 1.42. The second kappa shape index (κ2) is 5.22. The molecule has 0 aliphatic carbocycles. The van der Waals surface area contributed by atoms with Gasteiger partial charge in [0, 0.05) is 30.4 Å². The molecule has 2 heterocycles. The molecule has 4 nitrogen and oxygen atoms in total. The van der Waals surface area contributed by atoms with E-state index in [2.05, 4.69) is 47.1 Å². The highest BCUT2D eigenvalue weighted by atomic mass is 15.2. The first-order valence-corrected chi connectivity index (χ1v) is 6.85. The standard InChI is InChI=1S/C14H24N4/c1-5-12-10-13(17-11(2)16-12)18-8-6-14(3,15-4)7-9-18/h10,15H,5-9H2,1-4H3. The molecule has 0 atom stereocenters. The van der Waals surface area contributed by atoms with Gasteiger partial charge in [-0.25, -0.2) is 9.97 Å². The molecule has 2 rings (SSSR count). The summed E-state index contributed by atoms with van der Waals surface area (Å²) in [6.45, 7) is 8.55. The highest BCUT2D eigenvalue weighted by molar-refractivity contribution is 5.40. The lowest BCUT2D eigenvalue weighted by atomic mass is 9.90. The lowest BCUT2D eigenvalue weighted by Gasteiger charge is -2.39. The first kappa shape index (κ1) is 13.3. The topological polar surface area (TPSA) is 41.0 Å². The van der Waals surface area contributed by atoms with Crippen LogP contribution in [0.3, 0.4) is 0 Å². The Morgan fingerprint density at radius 3 is 2.56 bits per heavy atom. The van der Waals surface area contributed by atoms with Crippen LogP contribution >= 0.6 is 0 Å². The average Bonchev–Trinajstić information content (AvgIpc) is 2.39. The van der Waals surface area contributed by atoms with Crippen LogP contribution < -0.4 is 10.2 Å². The summed E-state index contributed by atoms with van der Waals surface area (Å²) in [6, 6.07) is 2.13. The largest absolute Gasteiger partial charge is 0.356 e.